The molecule has 4 rings (SSSR count). The minimum atomic E-state index is -0.889. The van der Waals surface area contributed by atoms with Gasteiger partial charge in [-0.05, 0) is 48.7 Å². The summed E-state index contributed by atoms with van der Waals surface area (Å²) < 4.78 is 1.20. The molecule has 0 saturated heterocycles. The fourth-order valence-corrected chi connectivity index (χ4v) is 3.78. The van der Waals surface area contributed by atoms with E-state index in [0.717, 1.165) is 30.3 Å². The smallest absolute Gasteiger partial charge is 0.267 e. The summed E-state index contributed by atoms with van der Waals surface area (Å²) >= 11 is 5.96. The van der Waals surface area contributed by atoms with Crippen molar-refractivity contribution in [2.75, 3.05) is 11.4 Å². The molecule has 0 fully saturated rings. The molecule has 2 amide bonds. The number of amides is 2. The predicted molar refractivity (Wildman–Crippen MR) is 115 cm³/mol. The third kappa shape index (κ3) is 3.71. The summed E-state index contributed by atoms with van der Waals surface area (Å²) in [7, 11) is 0. The fraction of sp³-hybridized carbons (Fsp3) is 0.182. The Morgan fingerprint density at radius 2 is 1.83 bits per heavy atom. The number of halogens is 1. The number of fused-ring (bicyclic) bond motifs is 1. The van der Waals surface area contributed by atoms with Crippen LogP contribution < -0.4 is 16.2 Å². The molecular weight excluding hydrogens is 404 g/mol. The van der Waals surface area contributed by atoms with Crippen LogP contribution in [0.5, 0.6) is 0 Å². The average Bonchev–Trinajstić information content (AvgIpc) is 2.75. The van der Waals surface area contributed by atoms with E-state index in [4.69, 9.17) is 17.3 Å². The van der Waals surface area contributed by atoms with Gasteiger partial charge in [0, 0.05) is 29.0 Å². The molecule has 0 spiro atoms. The molecule has 30 heavy (non-hydrogen) atoms. The number of benzene rings is 2. The third-order valence-corrected chi connectivity index (χ3v) is 5.37. The van der Waals surface area contributed by atoms with E-state index in [1.807, 2.05) is 24.3 Å². The molecule has 2 aromatic carbocycles. The molecule has 0 atom stereocenters. The SMILES string of the molecule is NC(=O)c1cnc(-c2ccc(Cl)cc2)n(CC(=O)N2CCCc3ccccc32)c1=O. The van der Waals surface area contributed by atoms with Crippen LogP contribution in [0.15, 0.2) is 59.5 Å². The molecule has 7 nitrogen and oxygen atoms in total. The minimum Gasteiger partial charge on any atom is -0.365 e. The second kappa shape index (κ2) is 8.12. The molecule has 0 bridgehead atoms. The first-order valence-electron chi connectivity index (χ1n) is 9.49. The van der Waals surface area contributed by atoms with E-state index in [1.54, 1.807) is 29.2 Å². The Morgan fingerprint density at radius 3 is 2.57 bits per heavy atom. The summed E-state index contributed by atoms with van der Waals surface area (Å²) in [5.41, 5.74) is 6.94. The topological polar surface area (TPSA) is 98.3 Å². The lowest BCUT2D eigenvalue weighted by molar-refractivity contribution is -0.119. The van der Waals surface area contributed by atoms with Crippen LogP contribution in [0.1, 0.15) is 22.3 Å². The first-order valence-corrected chi connectivity index (χ1v) is 9.87. The van der Waals surface area contributed by atoms with Crippen molar-refractivity contribution in [1.29, 1.82) is 0 Å². The Bertz CT molecular complexity index is 1190. The number of anilines is 1. The Labute approximate surface area is 177 Å². The van der Waals surface area contributed by atoms with Gasteiger partial charge < -0.3 is 10.6 Å². The van der Waals surface area contributed by atoms with Crippen LogP contribution in [0.3, 0.4) is 0 Å². The number of hydrogen-bond acceptors (Lipinski definition) is 4. The number of nitrogens with two attached hydrogens (primary N) is 1. The summed E-state index contributed by atoms with van der Waals surface area (Å²) in [6.45, 7) is 0.295. The molecule has 1 aromatic heterocycles. The second-order valence-corrected chi connectivity index (χ2v) is 7.47. The van der Waals surface area contributed by atoms with Gasteiger partial charge in [-0.1, -0.05) is 29.8 Å². The Balaban J connectivity index is 1.77. The van der Waals surface area contributed by atoms with Crippen LogP contribution in [0.4, 0.5) is 5.69 Å². The van der Waals surface area contributed by atoms with Crippen LogP contribution in [-0.4, -0.2) is 27.9 Å². The van der Waals surface area contributed by atoms with Crippen LogP contribution in [0.2, 0.25) is 5.02 Å². The van der Waals surface area contributed by atoms with E-state index in [0.29, 0.717) is 17.1 Å². The maximum Gasteiger partial charge on any atom is 0.267 e. The van der Waals surface area contributed by atoms with E-state index in [9.17, 15) is 14.4 Å². The molecule has 0 radical (unpaired) electrons. The summed E-state index contributed by atoms with van der Waals surface area (Å²) in [5, 5.41) is 0.530. The zero-order chi connectivity index (χ0) is 21.3. The molecule has 0 saturated carbocycles. The lowest BCUT2D eigenvalue weighted by Crippen LogP contribution is -2.41. The lowest BCUT2D eigenvalue weighted by Gasteiger charge is -2.30. The van der Waals surface area contributed by atoms with Crippen LogP contribution in [0, 0.1) is 0 Å². The molecule has 1 aliphatic heterocycles. The number of nitrogens with zero attached hydrogens (tertiary/aromatic N) is 3. The molecule has 2 heterocycles. The first kappa shape index (κ1) is 19.8. The van der Waals surface area contributed by atoms with Crippen molar-refractivity contribution in [3.8, 4) is 11.4 Å². The summed E-state index contributed by atoms with van der Waals surface area (Å²) in [6, 6.07) is 14.4. The first-order chi connectivity index (χ1) is 14.5. The quantitative estimate of drug-likeness (QED) is 0.698. The van der Waals surface area contributed by atoms with E-state index < -0.39 is 11.5 Å². The predicted octanol–water partition coefficient (Wildman–Crippen LogP) is 2.64. The van der Waals surface area contributed by atoms with Crippen LogP contribution in [-0.2, 0) is 17.8 Å². The average molecular weight is 423 g/mol. The highest BCUT2D eigenvalue weighted by Crippen LogP contribution is 2.27. The normalized spacial score (nSPS) is 13.0. The van der Waals surface area contributed by atoms with Crippen LogP contribution in [0.25, 0.3) is 11.4 Å². The number of carbonyl (C=O) groups is 2. The number of aryl methyl sites for hydroxylation is 1. The van der Waals surface area contributed by atoms with Gasteiger partial charge in [0.1, 0.15) is 17.9 Å². The number of aromatic nitrogens is 2. The number of hydrogen-bond donors (Lipinski definition) is 1. The van der Waals surface area contributed by atoms with E-state index in [2.05, 4.69) is 4.98 Å². The van der Waals surface area contributed by atoms with Crippen molar-refractivity contribution in [1.82, 2.24) is 9.55 Å². The van der Waals surface area contributed by atoms with Gasteiger partial charge >= 0.3 is 0 Å². The zero-order valence-electron chi connectivity index (χ0n) is 16.0. The van der Waals surface area contributed by atoms with Gasteiger partial charge in [0.25, 0.3) is 11.5 Å². The van der Waals surface area contributed by atoms with Crippen molar-refractivity contribution in [2.45, 2.75) is 19.4 Å². The van der Waals surface area contributed by atoms with Gasteiger partial charge in [-0.3, -0.25) is 19.0 Å². The van der Waals surface area contributed by atoms with Gasteiger partial charge in [0.15, 0.2) is 0 Å². The molecular formula is C22H19ClN4O3. The fourth-order valence-electron chi connectivity index (χ4n) is 3.65. The van der Waals surface area contributed by atoms with Gasteiger partial charge in [0.2, 0.25) is 5.91 Å². The molecule has 3 aromatic rings. The van der Waals surface area contributed by atoms with Crippen molar-refractivity contribution < 1.29 is 9.59 Å². The molecule has 0 aliphatic carbocycles. The maximum absolute atomic E-state index is 13.2. The van der Waals surface area contributed by atoms with E-state index >= 15 is 0 Å². The van der Waals surface area contributed by atoms with Crippen molar-refractivity contribution >= 4 is 29.1 Å². The van der Waals surface area contributed by atoms with Crippen molar-refractivity contribution in [2.24, 2.45) is 5.73 Å². The Kier molecular flexibility index (Phi) is 5.37. The van der Waals surface area contributed by atoms with Crippen molar-refractivity contribution in [3.05, 3.63) is 81.2 Å². The van der Waals surface area contributed by atoms with Gasteiger partial charge in [-0.25, -0.2) is 4.98 Å². The lowest BCUT2D eigenvalue weighted by atomic mass is 10.0. The minimum absolute atomic E-state index is 0.261. The van der Waals surface area contributed by atoms with E-state index in [1.165, 1.54) is 4.57 Å². The highest BCUT2D eigenvalue weighted by Gasteiger charge is 2.25. The number of carbonyl (C=O) groups excluding carboxylic acids is 2. The molecule has 152 valence electrons. The summed E-state index contributed by atoms with van der Waals surface area (Å²) in [5.74, 6) is -0.886. The third-order valence-electron chi connectivity index (χ3n) is 5.12. The van der Waals surface area contributed by atoms with Crippen LogP contribution >= 0.6 is 11.6 Å². The number of rotatable bonds is 4. The van der Waals surface area contributed by atoms with Crippen molar-refractivity contribution in [3.63, 3.8) is 0 Å². The summed E-state index contributed by atoms with van der Waals surface area (Å²) in [6.07, 6.45) is 2.88. The van der Waals surface area contributed by atoms with Gasteiger partial charge in [-0.2, -0.15) is 0 Å². The molecule has 8 heteroatoms. The standard InChI is InChI=1S/C22H19ClN4O3/c23-16-9-7-15(8-10-16)21-25-12-17(20(24)29)22(30)27(21)13-19(28)26-11-3-5-14-4-1-2-6-18(14)26/h1-2,4,6-10,12H,3,5,11,13H2,(H2,24,29). The molecule has 1 aliphatic rings. The maximum atomic E-state index is 13.2. The number of para-hydroxylation sites is 1. The van der Waals surface area contributed by atoms with Gasteiger partial charge in [0.05, 0.1) is 0 Å². The monoisotopic (exact) mass is 422 g/mol. The Morgan fingerprint density at radius 1 is 1.10 bits per heavy atom. The summed E-state index contributed by atoms with van der Waals surface area (Å²) in [4.78, 5) is 43.8. The largest absolute Gasteiger partial charge is 0.365 e. The highest BCUT2D eigenvalue weighted by molar-refractivity contribution is 6.30. The molecule has 2 N–H and O–H groups in total. The number of primary amides is 1. The molecule has 0 unspecified atom stereocenters. The van der Waals surface area contributed by atoms with Gasteiger partial charge in [-0.15, -0.1) is 0 Å². The second-order valence-electron chi connectivity index (χ2n) is 7.04. The zero-order valence-corrected chi connectivity index (χ0v) is 16.8. The van der Waals surface area contributed by atoms with E-state index in [-0.39, 0.29) is 23.8 Å². The Hall–Kier alpha value is -3.45. The highest BCUT2D eigenvalue weighted by atomic mass is 35.5.